The summed E-state index contributed by atoms with van der Waals surface area (Å²) in [6, 6.07) is 12.4. The average Bonchev–Trinajstić information content (AvgIpc) is 2.67. The van der Waals surface area contributed by atoms with Crippen molar-refractivity contribution < 1.29 is 13.2 Å². The molecule has 0 saturated heterocycles. The topological polar surface area (TPSA) is 57.7 Å². The molecule has 0 fully saturated rings. The summed E-state index contributed by atoms with van der Waals surface area (Å²) in [6.45, 7) is 7.19. The minimum absolute atomic E-state index is 0.0911. The third kappa shape index (κ3) is 3.77. The van der Waals surface area contributed by atoms with Crippen molar-refractivity contribution >= 4 is 21.6 Å². The van der Waals surface area contributed by atoms with Gasteiger partial charge in [-0.15, -0.1) is 0 Å². The van der Waals surface area contributed by atoms with Crippen LogP contribution < -0.4 is 4.90 Å². The van der Waals surface area contributed by atoms with E-state index in [2.05, 4.69) is 13.0 Å². The molecule has 1 amide bonds. The Bertz CT molecular complexity index is 932. The van der Waals surface area contributed by atoms with Crippen LogP contribution in [0, 0.1) is 6.92 Å². The molecule has 0 unspecified atom stereocenters. The van der Waals surface area contributed by atoms with Gasteiger partial charge < -0.3 is 4.90 Å². The molecule has 1 heterocycles. The van der Waals surface area contributed by atoms with Crippen LogP contribution in [0.15, 0.2) is 47.4 Å². The minimum Gasteiger partial charge on any atom is -0.308 e. The number of hydrogen-bond acceptors (Lipinski definition) is 3. The van der Waals surface area contributed by atoms with Crippen LogP contribution in [0.2, 0.25) is 0 Å². The van der Waals surface area contributed by atoms with Gasteiger partial charge in [0.15, 0.2) is 0 Å². The van der Waals surface area contributed by atoms with E-state index in [1.807, 2.05) is 26.0 Å². The molecule has 1 aliphatic heterocycles. The summed E-state index contributed by atoms with van der Waals surface area (Å²) in [4.78, 5) is 15.0. The fraction of sp³-hybridized carbons (Fsp3) is 0.381. The summed E-state index contributed by atoms with van der Waals surface area (Å²) in [5.41, 5.74) is 3.84. The quantitative estimate of drug-likeness (QED) is 0.789. The van der Waals surface area contributed by atoms with Gasteiger partial charge in [-0.3, -0.25) is 4.79 Å². The Kier molecular flexibility index (Phi) is 5.67. The third-order valence-corrected chi connectivity index (χ3v) is 7.11. The number of carbonyl (C=O) groups excluding carboxylic acids is 1. The largest absolute Gasteiger partial charge is 0.308 e. The number of fused-ring (bicyclic) bond motifs is 1. The lowest BCUT2D eigenvalue weighted by Crippen LogP contribution is -2.35. The Morgan fingerprint density at radius 1 is 1.07 bits per heavy atom. The van der Waals surface area contributed by atoms with Crippen LogP contribution in [0.1, 0.15) is 41.8 Å². The molecular weight excluding hydrogens is 360 g/mol. The number of hydrogen-bond donors (Lipinski definition) is 0. The van der Waals surface area contributed by atoms with Crippen LogP contribution in [-0.2, 0) is 16.4 Å². The number of carbonyl (C=O) groups is 1. The number of amides is 1. The molecule has 1 aliphatic rings. The molecular formula is C21H26N2O3S. The molecule has 3 rings (SSSR count). The number of nitrogens with zero attached hydrogens (tertiary/aromatic N) is 2. The monoisotopic (exact) mass is 386 g/mol. The van der Waals surface area contributed by atoms with E-state index in [4.69, 9.17) is 0 Å². The van der Waals surface area contributed by atoms with Gasteiger partial charge in [-0.05, 0) is 55.7 Å². The molecule has 0 radical (unpaired) electrons. The first kappa shape index (κ1) is 19.6. The molecule has 0 aliphatic carbocycles. The first-order valence-electron chi connectivity index (χ1n) is 9.40. The SMILES string of the molecule is CCN(CC)S(=O)(=O)c1ccc(C(=O)N2CCCc3cc(C)ccc32)cc1. The molecule has 0 atom stereocenters. The number of anilines is 1. The standard InChI is InChI=1S/C21H26N2O3S/c1-4-22(5-2)27(25,26)19-11-9-17(10-12-19)21(24)23-14-6-7-18-15-16(3)8-13-20(18)23/h8-13,15H,4-7,14H2,1-3H3. The molecule has 5 nitrogen and oxygen atoms in total. The zero-order valence-electron chi connectivity index (χ0n) is 16.1. The number of sulfonamides is 1. The first-order valence-corrected chi connectivity index (χ1v) is 10.8. The number of benzene rings is 2. The maximum absolute atomic E-state index is 13.0. The fourth-order valence-corrected chi connectivity index (χ4v) is 5.03. The van der Waals surface area contributed by atoms with E-state index >= 15 is 0 Å². The van der Waals surface area contributed by atoms with Gasteiger partial charge in [-0.25, -0.2) is 8.42 Å². The lowest BCUT2D eigenvalue weighted by atomic mass is 9.99. The van der Waals surface area contributed by atoms with Crippen molar-refractivity contribution in [2.45, 2.75) is 38.5 Å². The van der Waals surface area contributed by atoms with E-state index in [0.29, 0.717) is 25.2 Å². The van der Waals surface area contributed by atoms with Gasteiger partial charge in [-0.1, -0.05) is 31.5 Å². The molecule has 0 aromatic heterocycles. The maximum atomic E-state index is 13.0. The summed E-state index contributed by atoms with van der Waals surface area (Å²) in [6.07, 6.45) is 1.90. The van der Waals surface area contributed by atoms with Crippen molar-refractivity contribution in [3.63, 3.8) is 0 Å². The van der Waals surface area contributed by atoms with Crippen LogP contribution in [-0.4, -0.2) is 38.3 Å². The summed E-state index contributed by atoms with van der Waals surface area (Å²) in [5.74, 6) is -0.0911. The third-order valence-electron chi connectivity index (χ3n) is 5.04. The molecule has 0 bridgehead atoms. The fourth-order valence-electron chi connectivity index (χ4n) is 3.57. The predicted molar refractivity (Wildman–Crippen MR) is 108 cm³/mol. The van der Waals surface area contributed by atoms with Crippen LogP contribution >= 0.6 is 0 Å². The number of rotatable bonds is 5. The van der Waals surface area contributed by atoms with Gasteiger partial charge in [0.05, 0.1) is 4.90 Å². The lowest BCUT2D eigenvalue weighted by molar-refractivity contribution is 0.0985. The van der Waals surface area contributed by atoms with E-state index < -0.39 is 10.0 Å². The second kappa shape index (κ2) is 7.82. The van der Waals surface area contributed by atoms with Gasteiger partial charge in [0.25, 0.3) is 5.91 Å². The van der Waals surface area contributed by atoms with Crippen LogP contribution in [0.3, 0.4) is 0 Å². The van der Waals surface area contributed by atoms with Gasteiger partial charge in [0.2, 0.25) is 10.0 Å². The zero-order chi connectivity index (χ0) is 19.6. The average molecular weight is 387 g/mol. The van der Waals surface area contributed by atoms with E-state index in [9.17, 15) is 13.2 Å². The predicted octanol–water partition coefficient (Wildman–Crippen LogP) is 3.62. The van der Waals surface area contributed by atoms with Gasteiger partial charge >= 0.3 is 0 Å². The summed E-state index contributed by atoms with van der Waals surface area (Å²) >= 11 is 0. The Morgan fingerprint density at radius 3 is 2.37 bits per heavy atom. The molecule has 2 aromatic rings. The zero-order valence-corrected chi connectivity index (χ0v) is 16.9. The van der Waals surface area contributed by atoms with Crippen molar-refractivity contribution in [1.29, 1.82) is 0 Å². The highest BCUT2D eigenvalue weighted by Gasteiger charge is 2.25. The molecule has 144 valence electrons. The van der Waals surface area contributed by atoms with E-state index in [1.54, 1.807) is 17.0 Å². The van der Waals surface area contributed by atoms with E-state index in [-0.39, 0.29) is 10.8 Å². The Morgan fingerprint density at radius 2 is 1.74 bits per heavy atom. The molecule has 0 N–H and O–H groups in total. The van der Waals surface area contributed by atoms with Gasteiger partial charge in [0.1, 0.15) is 0 Å². The molecule has 0 spiro atoms. The highest BCUT2D eigenvalue weighted by atomic mass is 32.2. The Hall–Kier alpha value is -2.18. The van der Waals surface area contributed by atoms with Crippen molar-refractivity contribution in [2.24, 2.45) is 0 Å². The molecule has 27 heavy (non-hydrogen) atoms. The lowest BCUT2D eigenvalue weighted by Gasteiger charge is -2.30. The second-order valence-electron chi connectivity index (χ2n) is 6.81. The number of aryl methyl sites for hydroxylation is 2. The van der Waals surface area contributed by atoms with Crippen molar-refractivity contribution in [3.8, 4) is 0 Å². The summed E-state index contributed by atoms with van der Waals surface area (Å²) in [7, 11) is -3.51. The highest BCUT2D eigenvalue weighted by Crippen LogP contribution is 2.29. The van der Waals surface area contributed by atoms with Crippen molar-refractivity contribution in [1.82, 2.24) is 4.31 Å². The Balaban J connectivity index is 1.88. The molecule has 2 aromatic carbocycles. The Labute approximate surface area is 161 Å². The van der Waals surface area contributed by atoms with Crippen molar-refractivity contribution in [3.05, 3.63) is 59.2 Å². The van der Waals surface area contributed by atoms with Crippen LogP contribution in [0.4, 0.5) is 5.69 Å². The van der Waals surface area contributed by atoms with Crippen LogP contribution in [0.25, 0.3) is 0 Å². The van der Waals surface area contributed by atoms with Gasteiger partial charge in [-0.2, -0.15) is 4.31 Å². The normalized spacial score (nSPS) is 14.3. The maximum Gasteiger partial charge on any atom is 0.258 e. The summed E-state index contributed by atoms with van der Waals surface area (Å²) in [5, 5.41) is 0. The molecule has 0 saturated carbocycles. The second-order valence-corrected chi connectivity index (χ2v) is 8.74. The van der Waals surface area contributed by atoms with E-state index in [1.165, 1.54) is 27.6 Å². The van der Waals surface area contributed by atoms with E-state index in [0.717, 1.165) is 18.5 Å². The van der Waals surface area contributed by atoms with Gasteiger partial charge in [0, 0.05) is 30.9 Å². The van der Waals surface area contributed by atoms with Crippen molar-refractivity contribution in [2.75, 3.05) is 24.5 Å². The smallest absolute Gasteiger partial charge is 0.258 e. The minimum atomic E-state index is -3.51. The van der Waals surface area contributed by atoms with Crippen LogP contribution in [0.5, 0.6) is 0 Å². The summed E-state index contributed by atoms with van der Waals surface area (Å²) < 4.78 is 26.6. The highest BCUT2D eigenvalue weighted by molar-refractivity contribution is 7.89. The molecule has 6 heteroatoms. The first-order chi connectivity index (χ1) is 12.9.